The summed E-state index contributed by atoms with van der Waals surface area (Å²) in [4.78, 5) is 11.4. The maximum Gasteiger partial charge on any atom is 0.337 e. The Kier molecular flexibility index (Phi) is 5.67. The number of methoxy groups -OCH3 is 1. The summed E-state index contributed by atoms with van der Waals surface area (Å²) in [7, 11) is 1.36. The Morgan fingerprint density at radius 1 is 1.19 bits per heavy atom. The van der Waals surface area contributed by atoms with E-state index < -0.39 is 0 Å². The summed E-state index contributed by atoms with van der Waals surface area (Å²) in [5.74, 6) is -0.352. The fraction of sp³-hybridized carbons (Fsp3) is 0.133. The molecule has 0 fully saturated rings. The van der Waals surface area contributed by atoms with Gasteiger partial charge in [0.15, 0.2) is 0 Å². The highest BCUT2D eigenvalue weighted by molar-refractivity contribution is 9.10. The van der Waals surface area contributed by atoms with Gasteiger partial charge in [-0.3, -0.25) is 0 Å². The van der Waals surface area contributed by atoms with Crippen molar-refractivity contribution in [2.75, 3.05) is 12.4 Å². The lowest BCUT2D eigenvalue weighted by Gasteiger charge is -2.10. The van der Waals surface area contributed by atoms with Crippen LogP contribution in [0.15, 0.2) is 45.3 Å². The number of nitrogens with one attached hydrogen (secondary N) is 1. The van der Waals surface area contributed by atoms with Crippen LogP contribution in [0.1, 0.15) is 15.9 Å². The van der Waals surface area contributed by atoms with Crippen LogP contribution in [0.3, 0.4) is 0 Å². The van der Waals surface area contributed by atoms with Gasteiger partial charge in [0.05, 0.1) is 17.7 Å². The molecular weight excluding hydrogens is 421 g/mol. The van der Waals surface area contributed by atoms with Gasteiger partial charge < -0.3 is 10.1 Å². The normalized spacial score (nSPS) is 10.3. The van der Waals surface area contributed by atoms with Crippen molar-refractivity contribution in [2.45, 2.75) is 6.54 Å². The average Bonchev–Trinajstić information content (AvgIpc) is 2.48. The third-order valence-electron chi connectivity index (χ3n) is 2.88. The van der Waals surface area contributed by atoms with Crippen molar-refractivity contribution in [2.24, 2.45) is 0 Å². The molecule has 3 nitrogen and oxygen atoms in total. The van der Waals surface area contributed by atoms with Crippen LogP contribution in [-0.4, -0.2) is 13.1 Å². The molecule has 0 spiro atoms. The van der Waals surface area contributed by atoms with E-state index in [1.807, 2.05) is 24.3 Å². The predicted octanol–water partition coefficient (Wildman–Crippen LogP) is 5.26. The molecule has 2 aromatic rings. The zero-order chi connectivity index (χ0) is 15.4. The molecule has 0 amide bonds. The molecule has 0 unspecified atom stereocenters. The minimum Gasteiger partial charge on any atom is -0.465 e. The van der Waals surface area contributed by atoms with E-state index in [9.17, 15) is 4.79 Å². The van der Waals surface area contributed by atoms with E-state index in [2.05, 4.69) is 37.2 Å². The number of esters is 1. The van der Waals surface area contributed by atoms with Crippen molar-refractivity contribution in [3.05, 3.63) is 61.5 Å². The second-order valence-electron chi connectivity index (χ2n) is 4.28. The van der Waals surface area contributed by atoms with Gasteiger partial charge in [-0.2, -0.15) is 0 Å². The Morgan fingerprint density at radius 2 is 1.95 bits per heavy atom. The first-order chi connectivity index (χ1) is 10.0. The van der Waals surface area contributed by atoms with Crippen LogP contribution in [0.5, 0.6) is 0 Å². The number of hydrogen-bond acceptors (Lipinski definition) is 3. The van der Waals surface area contributed by atoms with Gasteiger partial charge in [-0.05, 0) is 51.8 Å². The van der Waals surface area contributed by atoms with Gasteiger partial charge in [-0.25, -0.2) is 4.79 Å². The average molecular weight is 434 g/mol. The smallest absolute Gasteiger partial charge is 0.337 e. The SMILES string of the molecule is COC(=O)c1ccc(CNc2ccc(Br)c(Cl)c2)c(Br)c1. The van der Waals surface area contributed by atoms with Crippen molar-refractivity contribution in [3.8, 4) is 0 Å². The molecule has 0 atom stereocenters. The van der Waals surface area contributed by atoms with Gasteiger partial charge in [0.2, 0.25) is 0 Å². The fourth-order valence-electron chi connectivity index (χ4n) is 1.74. The van der Waals surface area contributed by atoms with E-state index in [0.717, 1.165) is 20.2 Å². The van der Waals surface area contributed by atoms with E-state index in [0.29, 0.717) is 17.1 Å². The first-order valence-corrected chi connectivity index (χ1v) is 8.03. The number of carbonyl (C=O) groups excluding carboxylic acids is 1. The highest BCUT2D eigenvalue weighted by atomic mass is 79.9. The van der Waals surface area contributed by atoms with Gasteiger partial charge >= 0.3 is 5.97 Å². The number of carbonyl (C=O) groups is 1. The quantitative estimate of drug-likeness (QED) is 0.668. The zero-order valence-corrected chi connectivity index (χ0v) is 15.0. The molecular formula is C15H12Br2ClNO2. The summed E-state index contributed by atoms with van der Waals surface area (Å²) in [5.41, 5.74) is 2.47. The number of anilines is 1. The highest BCUT2D eigenvalue weighted by Crippen LogP contribution is 2.26. The Hall–Kier alpha value is -1.04. The maximum atomic E-state index is 11.4. The molecule has 1 N–H and O–H groups in total. The Morgan fingerprint density at radius 3 is 2.57 bits per heavy atom. The molecule has 2 aromatic carbocycles. The molecule has 0 aliphatic carbocycles. The second-order valence-corrected chi connectivity index (χ2v) is 6.40. The number of ether oxygens (including phenoxy) is 1. The first-order valence-electron chi connectivity index (χ1n) is 6.07. The van der Waals surface area contributed by atoms with Crippen molar-refractivity contribution >= 4 is 55.1 Å². The predicted molar refractivity (Wildman–Crippen MR) is 92.0 cm³/mol. The standard InChI is InChI=1S/C15H12Br2ClNO2/c1-21-15(20)9-2-3-10(13(17)6-9)8-19-11-4-5-12(16)14(18)7-11/h2-7,19H,8H2,1H3. The largest absolute Gasteiger partial charge is 0.465 e. The number of hydrogen-bond donors (Lipinski definition) is 1. The molecule has 0 aliphatic rings. The van der Waals surface area contributed by atoms with Gasteiger partial charge in [0.1, 0.15) is 0 Å². The van der Waals surface area contributed by atoms with Crippen molar-refractivity contribution in [3.63, 3.8) is 0 Å². The summed E-state index contributed by atoms with van der Waals surface area (Å²) >= 11 is 12.9. The van der Waals surface area contributed by atoms with E-state index >= 15 is 0 Å². The topological polar surface area (TPSA) is 38.3 Å². The molecule has 0 radical (unpaired) electrons. The molecule has 0 bridgehead atoms. The summed E-state index contributed by atoms with van der Waals surface area (Å²) in [6, 6.07) is 11.0. The number of halogens is 3. The molecule has 2 rings (SSSR count). The Labute approximate surface area is 144 Å². The van der Waals surface area contributed by atoms with Crippen LogP contribution < -0.4 is 5.32 Å². The zero-order valence-electron chi connectivity index (χ0n) is 11.1. The molecule has 0 heterocycles. The van der Waals surface area contributed by atoms with Crippen LogP contribution in [0.4, 0.5) is 5.69 Å². The molecule has 110 valence electrons. The van der Waals surface area contributed by atoms with E-state index in [4.69, 9.17) is 16.3 Å². The fourth-order valence-corrected chi connectivity index (χ4v) is 2.69. The first kappa shape index (κ1) is 16.3. The minimum absolute atomic E-state index is 0.352. The molecule has 0 saturated carbocycles. The van der Waals surface area contributed by atoms with Gasteiger partial charge in [-0.15, -0.1) is 0 Å². The molecule has 6 heteroatoms. The Bertz CT molecular complexity index is 677. The lowest BCUT2D eigenvalue weighted by atomic mass is 10.1. The monoisotopic (exact) mass is 431 g/mol. The van der Waals surface area contributed by atoms with Gasteiger partial charge in [0, 0.05) is 21.2 Å². The lowest BCUT2D eigenvalue weighted by molar-refractivity contribution is 0.0600. The summed E-state index contributed by atoms with van der Waals surface area (Å²) < 4.78 is 6.40. The summed E-state index contributed by atoms with van der Waals surface area (Å²) in [6.45, 7) is 0.611. The van der Waals surface area contributed by atoms with E-state index in [-0.39, 0.29) is 5.97 Å². The molecule has 0 saturated heterocycles. The molecule has 0 aliphatic heterocycles. The third-order valence-corrected chi connectivity index (χ3v) is 4.85. The lowest BCUT2D eigenvalue weighted by Crippen LogP contribution is -2.04. The van der Waals surface area contributed by atoms with E-state index in [1.54, 1.807) is 12.1 Å². The molecule has 0 aromatic heterocycles. The minimum atomic E-state index is -0.352. The second kappa shape index (κ2) is 7.29. The summed E-state index contributed by atoms with van der Waals surface area (Å²) in [5, 5.41) is 3.93. The van der Waals surface area contributed by atoms with Crippen LogP contribution in [-0.2, 0) is 11.3 Å². The number of rotatable bonds is 4. The van der Waals surface area contributed by atoms with Crippen molar-refractivity contribution in [1.82, 2.24) is 0 Å². The van der Waals surface area contributed by atoms with Crippen molar-refractivity contribution < 1.29 is 9.53 Å². The van der Waals surface area contributed by atoms with Crippen molar-refractivity contribution in [1.29, 1.82) is 0 Å². The van der Waals surface area contributed by atoms with Gasteiger partial charge in [0.25, 0.3) is 0 Å². The highest BCUT2D eigenvalue weighted by Gasteiger charge is 2.08. The Balaban J connectivity index is 2.09. The molecule has 21 heavy (non-hydrogen) atoms. The van der Waals surface area contributed by atoms with Crippen LogP contribution >= 0.6 is 43.5 Å². The van der Waals surface area contributed by atoms with Gasteiger partial charge in [-0.1, -0.05) is 33.6 Å². The van der Waals surface area contributed by atoms with Crippen LogP contribution in [0.25, 0.3) is 0 Å². The van der Waals surface area contributed by atoms with E-state index in [1.165, 1.54) is 7.11 Å². The maximum absolute atomic E-state index is 11.4. The van der Waals surface area contributed by atoms with Crippen LogP contribution in [0.2, 0.25) is 5.02 Å². The third kappa shape index (κ3) is 4.22. The number of benzene rings is 2. The summed E-state index contributed by atoms with van der Waals surface area (Å²) in [6.07, 6.45) is 0. The van der Waals surface area contributed by atoms with Crippen LogP contribution in [0, 0.1) is 0 Å².